The van der Waals surface area contributed by atoms with Crippen molar-refractivity contribution in [3.05, 3.63) is 29.6 Å². The molecular formula is C12H19FN4O. The van der Waals surface area contributed by atoms with E-state index in [0.29, 0.717) is 24.8 Å². The summed E-state index contributed by atoms with van der Waals surface area (Å²) in [7, 11) is 1.63. The number of nitrogens with one attached hydrogen (secondary N) is 2. The Hall–Kier alpha value is -1.66. The van der Waals surface area contributed by atoms with Crippen molar-refractivity contribution in [2.24, 2.45) is 10.8 Å². The fraction of sp³-hybridized carbons (Fsp3) is 0.417. The van der Waals surface area contributed by atoms with Crippen LogP contribution in [0.3, 0.4) is 0 Å². The minimum Gasteiger partial charge on any atom is -0.385 e. The lowest BCUT2D eigenvalue weighted by Crippen LogP contribution is -2.36. The van der Waals surface area contributed by atoms with E-state index >= 15 is 0 Å². The number of hydrazine groups is 1. The zero-order chi connectivity index (χ0) is 13.4. The second kappa shape index (κ2) is 7.62. The molecule has 0 aromatic heterocycles. The molecule has 0 fully saturated rings. The number of aryl methyl sites for hydroxylation is 1. The Labute approximate surface area is 106 Å². The predicted molar refractivity (Wildman–Crippen MR) is 70.9 cm³/mol. The van der Waals surface area contributed by atoms with E-state index in [1.54, 1.807) is 13.2 Å². The van der Waals surface area contributed by atoms with Gasteiger partial charge in [-0.3, -0.25) is 10.4 Å². The fourth-order valence-electron chi connectivity index (χ4n) is 1.37. The first-order valence-electron chi connectivity index (χ1n) is 5.70. The van der Waals surface area contributed by atoms with Gasteiger partial charge in [-0.2, -0.15) is 0 Å². The van der Waals surface area contributed by atoms with Crippen molar-refractivity contribution in [1.29, 1.82) is 0 Å². The van der Waals surface area contributed by atoms with Gasteiger partial charge >= 0.3 is 0 Å². The topological polar surface area (TPSA) is 71.7 Å². The third-order valence-corrected chi connectivity index (χ3v) is 2.29. The van der Waals surface area contributed by atoms with E-state index in [2.05, 4.69) is 15.7 Å². The number of methoxy groups -OCH3 is 1. The highest BCUT2D eigenvalue weighted by Crippen LogP contribution is 2.14. The number of guanidine groups is 1. The molecule has 0 aliphatic heterocycles. The van der Waals surface area contributed by atoms with Crippen molar-refractivity contribution in [2.75, 3.05) is 25.6 Å². The van der Waals surface area contributed by atoms with E-state index in [1.165, 1.54) is 6.07 Å². The van der Waals surface area contributed by atoms with E-state index in [1.807, 2.05) is 13.0 Å². The molecule has 0 aliphatic rings. The van der Waals surface area contributed by atoms with Crippen LogP contribution < -0.4 is 16.6 Å². The smallest absolute Gasteiger partial charge is 0.210 e. The van der Waals surface area contributed by atoms with Crippen molar-refractivity contribution in [2.45, 2.75) is 13.3 Å². The van der Waals surface area contributed by atoms with Crippen LogP contribution in [0.2, 0.25) is 0 Å². The number of benzene rings is 1. The van der Waals surface area contributed by atoms with E-state index < -0.39 is 0 Å². The molecule has 0 heterocycles. The average molecular weight is 254 g/mol. The molecule has 1 rings (SSSR count). The van der Waals surface area contributed by atoms with Gasteiger partial charge in [0, 0.05) is 20.3 Å². The van der Waals surface area contributed by atoms with Gasteiger partial charge in [-0.05, 0) is 31.0 Å². The minimum atomic E-state index is -0.338. The molecule has 4 N–H and O–H groups in total. The molecule has 0 saturated carbocycles. The monoisotopic (exact) mass is 254 g/mol. The van der Waals surface area contributed by atoms with Gasteiger partial charge in [0.25, 0.3) is 0 Å². The molecule has 18 heavy (non-hydrogen) atoms. The number of ether oxygens (including phenoxy) is 1. The molecule has 0 bridgehead atoms. The van der Waals surface area contributed by atoms with Crippen LogP contribution in [0.5, 0.6) is 0 Å². The second-order valence-corrected chi connectivity index (χ2v) is 3.83. The summed E-state index contributed by atoms with van der Waals surface area (Å²) >= 11 is 0. The Morgan fingerprint density at radius 2 is 2.28 bits per heavy atom. The van der Waals surface area contributed by atoms with Gasteiger partial charge < -0.3 is 10.1 Å². The number of halogens is 1. The normalized spacial score (nSPS) is 11.4. The highest BCUT2D eigenvalue weighted by atomic mass is 19.1. The Bertz CT molecular complexity index is 409. The molecule has 0 saturated heterocycles. The minimum absolute atomic E-state index is 0.328. The average Bonchev–Trinajstić information content (AvgIpc) is 2.35. The van der Waals surface area contributed by atoms with Crippen LogP contribution in [0.15, 0.2) is 23.2 Å². The van der Waals surface area contributed by atoms with Crippen molar-refractivity contribution in [3.8, 4) is 0 Å². The van der Waals surface area contributed by atoms with Crippen LogP contribution >= 0.6 is 0 Å². The zero-order valence-corrected chi connectivity index (χ0v) is 10.7. The van der Waals surface area contributed by atoms with Crippen molar-refractivity contribution >= 4 is 11.6 Å². The molecule has 1 aromatic rings. The second-order valence-electron chi connectivity index (χ2n) is 3.83. The van der Waals surface area contributed by atoms with E-state index in [-0.39, 0.29) is 5.82 Å². The highest BCUT2D eigenvalue weighted by molar-refractivity contribution is 5.93. The molecule has 0 amide bonds. The SMILES string of the molecule is COCCCN=C(NN)Nc1ccc(C)cc1F. The third-order valence-electron chi connectivity index (χ3n) is 2.29. The first kappa shape index (κ1) is 14.4. The highest BCUT2D eigenvalue weighted by Gasteiger charge is 2.04. The van der Waals surface area contributed by atoms with Crippen molar-refractivity contribution < 1.29 is 9.13 Å². The number of hydrogen-bond acceptors (Lipinski definition) is 3. The number of aliphatic imine (C=N–C) groups is 1. The third kappa shape index (κ3) is 4.68. The van der Waals surface area contributed by atoms with Crippen LogP contribution in [0.25, 0.3) is 0 Å². The molecule has 0 radical (unpaired) electrons. The van der Waals surface area contributed by atoms with Crippen molar-refractivity contribution in [3.63, 3.8) is 0 Å². The summed E-state index contributed by atoms with van der Waals surface area (Å²) in [6.45, 7) is 3.00. The Morgan fingerprint density at radius 3 is 2.89 bits per heavy atom. The first-order chi connectivity index (χ1) is 8.67. The molecular weight excluding hydrogens is 235 g/mol. The lowest BCUT2D eigenvalue weighted by Gasteiger charge is -2.10. The van der Waals surface area contributed by atoms with E-state index in [0.717, 1.165) is 12.0 Å². The predicted octanol–water partition coefficient (Wildman–Crippen LogP) is 1.40. The maximum absolute atomic E-state index is 13.6. The van der Waals surface area contributed by atoms with Crippen molar-refractivity contribution in [1.82, 2.24) is 5.43 Å². The first-order valence-corrected chi connectivity index (χ1v) is 5.70. The number of anilines is 1. The summed E-state index contributed by atoms with van der Waals surface area (Å²) in [5, 5.41) is 2.80. The maximum atomic E-state index is 13.6. The Kier molecular flexibility index (Phi) is 6.10. The summed E-state index contributed by atoms with van der Waals surface area (Å²) < 4.78 is 18.5. The lowest BCUT2D eigenvalue weighted by molar-refractivity contribution is 0.197. The van der Waals surface area contributed by atoms with Gasteiger partial charge in [0.15, 0.2) is 0 Å². The molecule has 0 aliphatic carbocycles. The standard InChI is InChI=1S/C12H19FN4O/c1-9-4-5-11(10(13)8-9)16-12(17-14)15-6-3-7-18-2/h4-5,8H,3,6-7,14H2,1-2H3,(H2,15,16,17). The Balaban J connectivity index is 2.61. The van der Waals surface area contributed by atoms with Crippen LogP contribution in [0.4, 0.5) is 10.1 Å². The zero-order valence-electron chi connectivity index (χ0n) is 10.7. The lowest BCUT2D eigenvalue weighted by atomic mass is 10.2. The van der Waals surface area contributed by atoms with Gasteiger partial charge in [0.1, 0.15) is 5.82 Å². The molecule has 0 unspecified atom stereocenters. The van der Waals surface area contributed by atoms with Gasteiger partial charge in [0.2, 0.25) is 5.96 Å². The molecule has 0 atom stereocenters. The number of rotatable bonds is 5. The molecule has 6 heteroatoms. The summed E-state index contributed by atoms with van der Waals surface area (Å²) in [4.78, 5) is 4.16. The van der Waals surface area contributed by atoms with Crippen LogP contribution in [0.1, 0.15) is 12.0 Å². The number of nitrogens with zero attached hydrogens (tertiary/aromatic N) is 1. The summed E-state index contributed by atoms with van der Waals surface area (Å²) in [5.74, 6) is 5.31. The molecule has 100 valence electrons. The summed E-state index contributed by atoms with van der Waals surface area (Å²) in [6, 6.07) is 4.90. The fourth-order valence-corrected chi connectivity index (χ4v) is 1.37. The number of nitrogens with two attached hydrogens (primary N) is 1. The Morgan fingerprint density at radius 1 is 1.50 bits per heavy atom. The van der Waals surface area contributed by atoms with Gasteiger partial charge in [-0.15, -0.1) is 0 Å². The van der Waals surface area contributed by atoms with E-state index in [9.17, 15) is 4.39 Å². The molecule has 5 nitrogen and oxygen atoms in total. The van der Waals surface area contributed by atoms with Crippen LogP contribution in [-0.4, -0.2) is 26.2 Å². The van der Waals surface area contributed by atoms with Crippen LogP contribution in [0, 0.1) is 12.7 Å². The van der Waals surface area contributed by atoms with Crippen LogP contribution in [-0.2, 0) is 4.74 Å². The maximum Gasteiger partial charge on any atom is 0.210 e. The molecule has 0 spiro atoms. The quantitative estimate of drug-likeness (QED) is 0.244. The summed E-state index contributed by atoms with van der Waals surface area (Å²) in [5.41, 5.74) is 3.60. The molecule has 1 aromatic carbocycles. The largest absolute Gasteiger partial charge is 0.385 e. The van der Waals surface area contributed by atoms with E-state index in [4.69, 9.17) is 10.6 Å². The number of hydrogen-bond donors (Lipinski definition) is 3. The van der Waals surface area contributed by atoms with Gasteiger partial charge in [0.05, 0.1) is 5.69 Å². The summed E-state index contributed by atoms with van der Waals surface area (Å²) in [6.07, 6.45) is 0.778. The van der Waals surface area contributed by atoms with Gasteiger partial charge in [-0.25, -0.2) is 10.2 Å². The van der Waals surface area contributed by atoms with Gasteiger partial charge in [-0.1, -0.05) is 6.07 Å².